The number of aromatic nitrogens is 2. The number of aryl methyl sites for hydroxylation is 1. The van der Waals surface area contributed by atoms with Crippen LogP contribution in [0, 0.1) is 6.92 Å². The highest BCUT2D eigenvalue weighted by atomic mass is 16.2. The summed E-state index contributed by atoms with van der Waals surface area (Å²) in [6.07, 6.45) is 0.175. The molecular formula is C17H27N7O2. The second kappa shape index (κ2) is 7.06. The fourth-order valence-electron chi connectivity index (χ4n) is 3.42. The first-order valence-electron chi connectivity index (χ1n) is 8.83. The van der Waals surface area contributed by atoms with Crippen molar-refractivity contribution in [2.24, 2.45) is 0 Å². The topological polar surface area (TPSA) is 76.1 Å². The number of nitrogens with zero attached hydrogens (tertiary/aromatic N) is 7. The molecule has 9 nitrogen and oxygen atoms in total. The van der Waals surface area contributed by atoms with Gasteiger partial charge < -0.3 is 14.7 Å². The average molecular weight is 361 g/mol. The predicted octanol–water partition coefficient (Wildman–Crippen LogP) is 0.213. The van der Waals surface area contributed by atoms with Gasteiger partial charge in [0, 0.05) is 66.1 Å². The molecule has 2 aliphatic rings. The van der Waals surface area contributed by atoms with Gasteiger partial charge in [-0.05, 0) is 6.92 Å². The monoisotopic (exact) mass is 361 g/mol. The van der Waals surface area contributed by atoms with Crippen LogP contribution in [0.5, 0.6) is 0 Å². The summed E-state index contributed by atoms with van der Waals surface area (Å²) in [5.41, 5.74) is 0.937. The molecule has 3 rings (SSSR count). The Morgan fingerprint density at radius 3 is 2.35 bits per heavy atom. The van der Waals surface area contributed by atoms with E-state index in [0.717, 1.165) is 37.7 Å². The van der Waals surface area contributed by atoms with E-state index in [2.05, 4.69) is 19.8 Å². The van der Waals surface area contributed by atoms with Crippen LogP contribution in [0.3, 0.4) is 0 Å². The largest absolute Gasteiger partial charge is 0.354 e. The number of anilines is 2. The molecule has 9 heteroatoms. The summed E-state index contributed by atoms with van der Waals surface area (Å²) in [6, 6.07) is 1.76. The smallest absolute Gasteiger partial charge is 0.327 e. The third-order valence-corrected chi connectivity index (χ3v) is 5.06. The molecule has 0 aromatic carbocycles. The maximum absolute atomic E-state index is 12.2. The molecule has 3 heterocycles. The number of piperazine rings is 1. The maximum atomic E-state index is 12.2. The van der Waals surface area contributed by atoms with E-state index in [4.69, 9.17) is 0 Å². The van der Waals surface area contributed by atoms with Gasteiger partial charge in [0.1, 0.15) is 5.82 Å². The zero-order chi connectivity index (χ0) is 19.0. The van der Waals surface area contributed by atoms with Crippen LogP contribution < -0.4 is 9.80 Å². The minimum atomic E-state index is -0.240. The van der Waals surface area contributed by atoms with Crippen molar-refractivity contribution in [1.82, 2.24) is 24.7 Å². The maximum Gasteiger partial charge on any atom is 0.327 e. The summed E-state index contributed by atoms with van der Waals surface area (Å²) >= 11 is 0. The molecule has 3 amide bonds. The fraction of sp³-hybridized carbons (Fsp3) is 0.647. The third kappa shape index (κ3) is 3.44. The lowest BCUT2D eigenvalue weighted by Gasteiger charge is -2.45. The lowest BCUT2D eigenvalue weighted by Crippen LogP contribution is -2.62. The van der Waals surface area contributed by atoms with E-state index in [-0.39, 0.29) is 18.1 Å². The van der Waals surface area contributed by atoms with Gasteiger partial charge in [0.2, 0.25) is 11.9 Å². The quantitative estimate of drug-likeness (QED) is 0.762. The zero-order valence-corrected chi connectivity index (χ0v) is 16.1. The number of carbonyl (C=O) groups excluding carboxylic acids is 2. The average Bonchev–Trinajstić information content (AvgIpc) is 2.62. The van der Waals surface area contributed by atoms with Gasteiger partial charge in [-0.2, -0.15) is 4.98 Å². The summed E-state index contributed by atoms with van der Waals surface area (Å²) in [5.74, 6) is 1.50. The van der Waals surface area contributed by atoms with Gasteiger partial charge in [0.25, 0.3) is 0 Å². The normalized spacial score (nSPS) is 22.2. The second-order valence-electron chi connectivity index (χ2n) is 7.12. The van der Waals surface area contributed by atoms with Crippen LogP contribution in [0.4, 0.5) is 16.6 Å². The first-order chi connectivity index (χ1) is 12.3. The van der Waals surface area contributed by atoms with Gasteiger partial charge in [-0.3, -0.25) is 14.6 Å². The van der Waals surface area contributed by atoms with E-state index >= 15 is 0 Å². The van der Waals surface area contributed by atoms with Gasteiger partial charge in [0.15, 0.2) is 0 Å². The highest BCUT2D eigenvalue weighted by Gasteiger charge is 2.38. The number of hydrogen-bond donors (Lipinski definition) is 0. The number of imide groups is 1. The first kappa shape index (κ1) is 18.4. The number of carbonyl (C=O) groups is 2. The van der Waals surface area contributed by atoms with Gasteiger partial charge in [-0.25, -0.2) is 9.78 Å². The summed E-state index contributed by atoms with van der Waals surface area (Å²) in [7, 11) is 7.16. The highest BCUT2D eigenvalue weighted by Crippen LogP contribution is 2.22. The van der Waals surface area contributed by atoms with Gasteiger partial charge in [-0.15, -0.1) is 0 Å². The minimum absolute atomic E-state index is 0.123. The SMILES string of the molecule is Cc1cc(N2CCN(C3CC(=O)N(C)C(=O)N3C)CC2)nc(N(C)C)n1. The van der Waals surface area contributed by atoms with Crippen LogP contribution in [-0.4, -0.2) is 97.1 Å². The predicted molar refractivity (Wildman–Crippen MR) is 99.2 cm³/mol. The van der Waals surface area contributed by atoms with Gasteiger partial charge in [0.05, 0.1) is 12.6 Å². The number of urea groups is 1. The van der Waals surface area contributed by atoms with E-state index in [0.29, 0.717) is 12.4 Å². The first-order valence-corrected chi connectivity index (χ1v) is 8.83. The van der Waals surface area contributed by atoms with E-state index in [1.807, 2.05) is 32.0 Å². The van der Waals surface area contributed by atoms with E-state index in [9.17, 15) is 9.59 Å². The molecule has 1 aromatic heterocycles. The third-order valence-electron chi connectivity index (χ3n) is 5.06. The van der Waals surface area contributed by atoms with Crippen molar-refractivity contribution in [3.8, 4) is 0 Å². The van der Waals surface area contributed by atoms with Crippen molar-refractivity contribution in [3.63, 3.8) is 0 Å². The Hall–Kier alpha value is -2.42. The van der Waals surface area contributed by atoms with Crippen molar-refractivity contribution in [2.45, 2.75) is 19.5 Å². The van der Waals surface area contributed by atoms with Crippen LogP contribution in [0.2, 0.25) is 0 Å². The van der Waals surface area contributed by atoms with E-state index < -0.39 is 0 Å². The van der Waals surface area contributed by atoms with Crippen molar-refractivity contribution in [3.05, 3.63) is 11.8 Å². The van der Waals surface area contributed by atoms with Crippen LogP contribution >= 0.6 is 0 Å². The highest BCUT2D eigenvalue weighted by molar-refractivity contribution is 5.96. The molecule has 1 unspecified atom stereocenters. The fourth-order valence-corrected chi connectivity index (χ4v) is 3.42. The Bertz CT molecular complexity index is 700. The standard InChI is InChI=1S/C17H27N7O2/c1-12-10-13(19-16(18-12)20(2)3)23-6-8-24(9-7-23)14-11-15(25)22(5)17(26)21(14)4/h10,14H,6-9,11H2,1-5H3. The molecule has 0 saturated carbocycles. The molecule has 1 aromatic rings. The molecular weight excluding hydrogens is 334 g/mol. The zero-order valence-electron chi connectivity index (χ0n) is 16.1. The number of hydrogen-bond acceptors (Lipinski definition) is 7. The Labute approximate surface area is 154 Å². The summed E-state index contributed by atoms with van der Waals surface area (Å²) in [5, 5.41) is 0. The van der Waals surface area contributed by atoms with Crippen molar-refractivity contribution in [2.75, 3.05) is 64.2 Å². The number of amides is 3. The molecule has 142 valence electrons. The molecule has 0 spiro atoms. The lowest BCUT2D eigenvalue weighted by atomic mass is 10.1. The van der Waals surface area contributed by atoms with Crippen LogP contribution in [0.1, 0.15) is 12.1 Å². The molecule has 2 fully saturated rings. The molecule has 0 aliphatic carbocycles. The summed E-state index contributed by atoms with van der Waals surface area (Å²) in [4.78, 5) is 42.5. The second-order valence-corrected chi connectivity index (χ2v) is 7.12. The summed E-state index contributed by atoms with van der Waals surface area (Å²) < 4.78 is 0. The van der Waals surface area contributed by atoms with Crippen LogP contribution in [0.25, 0.3) is 0 Å². The molecule has 26 heavy (non-hydrogen) atoms. The van der Waals surface area contributed by atoms with Crippen LogP contribution in [0.15, 0.2) is 6.07 Å². The lowest BCUT2D eigenvalue weighted by molar-refractivity contribution is -0.134. The van der Waals surface area contributed by atoms with Crippen molar-refractivity contribution < 1.29 is 9.59 Å². The van der Waals surface area contributed by atoms with Crippen molar-refractivity contribution >= 4 is 23.7 Å². The number of rotatable bonds is 3. The Morgan fingerprint density at radius 2 is 1.73 bits per heavy atom. The van der Waals surface area contributed by atoms with Crippen molar-refractivity contribution in [1.29, 1.82) is 0 Å². The molecule has 1 atom stereocenters. The molecule has 2 aliphatic heterocycles. The Kier molecular flexibility index (Phi) is 4.99. The molecule has 2 saturated heterocycles. The van der Waals surface area contributed by atoms with Gasteiger partial charge in [-0.1, -0.05) is 0 Å². The summed E-state index contributed by atoms with van der Waals surface area (Å²) in [6.45, 7) is 5.12. The van der Waals surface area contributed by atoms with E-state index in [1.54, 1.807) is 11.9 Å². The van der Waals surface area contributed by atoms with Gasteiger partial charge >= 0.3 is 6.03 Å². The van der Waals surface area contributed by atoms with Crippen LogP contribution in [-0.2, 0) is 4.79 Å². The van der Waals surface area contributed by atoms with E-state index in [1.165, 1.54) is 11.9 Å². The Balaban J connectivity index is 1.68. The Morgan fingerprint density at radius 1 is 1.08 bits per heavy atom. The molecule has 0 N–H and O–H groups in total. The molecule has 0 radical (unpaired) electrons. The minimum Gasteiger partial charge on any atom is -0.354 e. The molecule has 0 bridgehead atoms.